The van der Waals surface area contributed by atoms with Gasteiger partial charge in [-0.05, 0) is 48.7 Å². The summed E-state index contributed by atoms with van der Waals surface area (Å²) in [6, 6.07) is 25.1. The second-order valence-corrected chi connectivity index (χ2v) is 7.76. The van der Waals surface area contributed by atoms with Crippen molar-refractivity contribution in [2.24, 2.45) is 0 Å². The van der Waals surface area contributed by atoms with Crippen molar-refractivity contribution in [1.82, 2.24) is 5.32 Å². The Kier molecular flexibility index (Phi) is 4.93. The summed E-state index contributed by atoms with van der Waals surface area (Å²) in [6.07, 6.45) is 0.462. The van der Waals surface area contributed by atoms with Crippen LogP contribution in [-0.2, 0) is 17.8 Å². The number of benzene rings is 3. The van der Waals surface area contributed by atoms with Gasteiger partial charge in [0.1, 0.15) is 5.54 Å². The molecule has 0 spiro atoms. The molecule has 146 valence electrons. The standard InChI is InChI=1S/C25H24N2O2/c1-18-9-8-13-21(15-18)27-23(28)22-14-7-6-12-20(22)16-25(27,2)24(29)26-17-19-10-4-3-5-11-19/h3-15H,16-17H2,1-2H3,(H,26,29)/t25-/m0/s1. The van der Waals surface area contributed by atoms with Crippen LogP contribution in [0.4, 0.5) is 5.69 Å². The van der Waals surface area contributed by atoms with Crippen molar-refractivity contribution >= 4 is 17.5 Å². The largest absolute Gasteiger partial charge is 0.350 e. The van der Waals surface area contributed by atoms with Crippen LogP contribution >= 0.6 is 0 Å². The predicted molar refractivity (Wildman–Crippen MR) is 115 cm³/mol. The van der Waals surface area contributed by atoms with E-state index in [1.165, 1.54) is 0 Å². The highest BCUT2D eigenvalue weighted by molar-refractivity contribution is 6.14. The van der Waals surface area contributed by atoms with Gasteiger partial charge in [-0.1, -0.05) is 60.7 Å². The van der Waals surface area contributed by atoms with Gasteiger partial charge in [-0.25, -0.2) is 0 Å². The highest BCUT2D eigenvalue weighted by Gasteiger charge is 2.47. The third-order valence-electron chi connectivity index (χ3n) is 5.52. The van der Waals surface area contributed by atoms with E-state index in [2.05, 4.69) is 5.32 Å². The van der Waals surface area contributed by atoms with E-state index in [-0.39, 0.29) is 11.8 Å². The van der Waals surface area contributed by atoms with Crippen LogP contribution in [0.5, 0.6) is 0 Å². The average Bonchev–Trinajstić information content (AvgIpc) is 2.73. The molecule has 3 aromatic rings. The number of amides is 2. The monoisotopic (exact) mass is 384 g/mol. The third-order valence-corrected chi connectivity index (χ3v) is 5.52. The van der Waals surface area contributed by atoms with E-state index in [1.54, 1.807) is 4.90 Å². The maximum atomic E-state index is 13.5. The zero-order valence-electron chi connectivity index (χ0n) is 16.7. The molecule has 0 saturated carbocycles. The number of nitrogens with zero attached hydrogens (tertiary/aromatic N) is 1. The molecule has 3 aromatic carbocycles. The van der Waals surface area contributed by atoms with Gasteiger partial charge < -0.3 is 5.32 Å². The summed E-state index contributed by atoms with van der Waals surface area (Å²) in [5.41, 5.74) is 3.34. The van der Waals surface area contributed by atoms with Gasteiger partial charge in [-0.3, -0.25) is 14.5 Å². The smallest absolute Gasteiger partial charge is 0.259 e. The molecular formula is C25H24N2O2. The van der Waals surface area contributed by atoms with Gasteiger partial charge in [0.15, 0.2) is 0 Å². The summed E-state index contributed by atoms with van der Waals surface area (Å²) in [5, 5.41) is 3.04. The first kappa shape index (κ1) is 18.9. The summed E-state index contributed by atoms with van der Waals surface area (Å²) in [5.74, 6) is -0.305. The van der Waals surface area contributed by atoms with Crippen LogP contribution in [0.3, 0.4) is 0 Å². The molecule has 0 aliphatic carbocycles. The molecule has 0 aromatic heterocycles. The Morgan fingerprint density at radius 1 is 1.00 bits per heavy atom. The molecule has 29 heavy (non-hydrogen) atoms. The SMILES string of the molecule is Cc1cccc(N2C(=O)c3ccccc3C[C@@]2(C)C(=O)NCc2ccccc2)c1. The van der Waals surface area contributed by atoms with Crippen LogP contribution in [0, 0.1) is 6.92 Å². The number of anilines is 1. The minimum absolute atomic E-state index is 0.144. The molecule has 1 heterocycles. The van der Waals surface area contributed by atoms with Crippen LogP contribution in [0.1, 0.15) is 34.0 Å². The molecule has 1 N–H and O–H groups in total. The van der Waals surface area contributed by atoms with Gasteiger partial charge in [-0.2, -0.15) is 0 Å². The molecule has 4 heteroatoms. The van der Waals surface area contributed by atoms with Gasteiger partial charge >= 0.3 is 0 Å². The fourth-order valence-electron chi connectivity index (χ4n) is 4.00. The van der Waals surface area contributed by atoms with Crippen LogP contribution in [-0.4, -0.2) is 17.4 Å². The summed E-state index contributed by atoms with van der Waals surface area (Å²) >= 11 is 0. The van der Waals surface area contributed by atoms with Crippen LogP contribution in [0.25, 0.3) is 0 Å². The van der Waals surface area contributed by atoms with Crippen molar-refractivity contribution in [1.29, 1.82) is 0 Å². The molecule has 0 bridgehead atoms. The first-order valence-corrected chi connectivity index (χ1v) is 9.80. The molecule has 1 aliphatic heterocycles. The number of carbonyl (C=O) groups excluding carboxylic acids is 2. The number of fused-ring (bicyclic) bond motifs is 1. The number of aryl methyl sites for hydroxylation is 1. The van der Waals surface area contributed by atoms with Gasteiger partial charge in [0.05, 0.1) is 0 Å². The Balaban J connectivity index is 1.73. The predicted octanol–water partition coefficient (Wildman–Crippen LogP) is 4.27. The lowest BCUT2D eigenvalue weighted by molar-refractivity contribution is -0.126. The van der Waals surface area contributed by atoms with Crippen LogP contribution in [0.2, 0.25) is 0 Å². The minimum Gasteiger partial charge on any atom is -0.350 e. The topological polar surface area (TPSA) is 49.4 Å². The summed E-state index contributed by atoms with van der Waals surface area (Å²) < 4.78 is 0. The second kappa shape index (κ2) is 7.55. The molecule has 0 fully saturated rings. The lowest BCUT2D eigenvalue weighted by atomic mass is 9.82. The van der Waals surface area contributed by atoms with Gasteiger partial charge in [-0.15, -0.1) is 0 Å². The van der Waals surface area contributed by atoms with E-state index in [9.17, 15) is 9.59 Å². The number of hydrogen-bond donors (Lipinski definition) is 1. The lowest BCUT2D eigenvalue weighted by Crippen LogP contribution is -2.63. The maximum absolute atomic E-state index is 13.5. The molecule has 0 radical (unpaired) electrons. The Labute approximate surface area is 171 Å². The Morgan fingerprint density at radius 2 is 1.72 bits per heavy atom. The molecule has 0 saturated heterocycles. The van der Waals surface area contributed by atoms with Crippen LogP contribution in [0.15, 0.2) is 78.9 Å². The molecule has 2 amide bonds. The summed E-state index contributed by atoms with van der Waals surface area (Å²) in [4.78, 5) is 28.5. The fraction of sp³-hybridized carbons (Fsp3) is 0.200. The first-order valence-electron chi connectivity index (χ1n) is 9.80. The second-order valence-electron chi connectivity index (χ2n) is 7.76. The number of nitrogens with one attached hydrogen (secondary N) is 1. The lowest BCUT2D eigenvalue weighted by Gasteiger charge is -2.44. The summed E-state index contributed by atoms with van der Waals surface area (Å²) in [6.45, 7) is 4.26. The normalized spacial score (nSPS) is 18.3. The third kappa shape index (κ3) is 3.54. The van der Waals surface area contributed by atoms with Gasteiger partial charge in [0.25, 0.3) is 5.91 Å². The maximum Gasteiger partial charge on any atom is 0.259 e. The number of carbonyl (C=O) groups is 2. The molecule has 4 nitrogen and oxygen atoms in total. The van der Waals surface area contributed by atoms with Crippen molar-refractivity contribution in [3.8, 4) is 0 Å². The molecule has 0 unspecified atom stereocenters. The molecular weight excluding hydrogens is 360 g/mol. The van der Waals surface area contributed by atoms with Crippen LogP contribution < -0.4 is 10.2 Å². The number of hydrogen-bond acceptors (Lipinski definition) is 2. The van der Waals surface area contributed by atoms with Gasteiger partial charge in [0.2, 0.25) is 5.91 Å². The van der Waals surface area contributed by atoms with E-state index in [4.69, 9.17) is 0 Å². The fourth-order valence-corrected chi connectivity index (χ4v) is 4.00. The molecule has 1 aliphatic rings. The zero-order valence-corrected chi connectivity index (χ0v) is 16.7. The average molecular weight is 384 g/mol. The van der Waals surface area contributed by atoms with E-state index in [0.717, 1.165) is 22.4 Å². The molecule has 4 rings (SSSR count). The van der Waals surface area contributed by atoms with Crippen molar-refractivity contribution in [2.75, 3.05) is 4.90 Å². The van der Waals surface area contributed by atoms with E-state index < -0.39 is 5.54 Å². The van der Waals surface area contributed by atoms with E-state index in [1.807, 2.05) is 92.7 Å². The Hall–Kier alpha value is -3.40. The van der Waals surface area contributed by atoms with Crippen molar-refractivity contribution in [3.63, 3.8) is 0 Å². The van der Waals surface area contributed by atoms with Gasteiger partial charge in [0, 0.05) is 24.2 Å². The highest BCUT2D eigenvalue weighted by Crippen LogP contribution is 2.35. The quantitative estimate of drug-likeness (QED) is 0.730. The van der Waals surface area contributed by atoms with Crippen molar-refractivity contribution in [2.45, 2.75) is 32.4 Å². The zero-order chi connectivity index (χ0) is 20.4. The highest BCUT2D eigenvalue weighted by atomic mass is 16.2. The van der Waals surface area contributed by atoms with E-state index in [0.29, 0.717) is 18.5 Å². The van der Waals surface area contributed by atoms with Crippen molar-refractivity contribution in [3.05, 3.63) is 101 Å². The Bertz CT molecular complexity index is 1060. The van der Waals surface area contributed by atoms with E-state index >= 15 is 0 Å². The Morgan fingerprint density at radius 3 is 2.48 bits per heavy atom. The first-order chi connectivity index (χ1) is 14.0. The minimum atomic E-state index is -1.02. The number of rotatable bonds is 4. The molecule has 1 atom stereocenters. The summed E-state index contributed by atoms with van der Waals surface area (Å²) in [7, 11) is 0. The van der Waals surface area contributed by atoms with Crippen molar-refractivity contribution < 1.29 is 9.59 Å².